The largest absolute Gasteiger partial charge is 0.322 e. The number of nitrogens with two attached hydrogens (primary N) is 1. The lowest BCUT2D eigenvalue weighted by Gasteiger charge is -2.10. The smallest absolute Gasteiger partial charge is 0.109 e. The van der Waals surface area contributed by atoms with Crippen molar-refractivity contribution in [1.29, 1.82) is 0 Å². The van der Waals surface area contributed by atoms with Crippen LogP contribution in [0.1, 0.15) is 11.6 Å². The zero-order valence-electron chi connectivity index (χ0n) is 7.78. The fourth-order valence-electron chi connectivity index (χ4n) is 1.66. The molecule has 0 saturated heterocycles. The standard InChI is InChI=1S/C12H12FN/c13-8-12(14)11-7-3-5-9-4-1-2-6-10(9)11/h1-7,12H,8,14H2/t12-/m0/s1. The number of hydrogen-bond donors (Lipinski definition) is 1. The molecule has 2 aromatic rings. The van der Waals surface area contributed by atoms with Crippen molar-refractivity contribution >= 4 is 10.8 Å². The van der Waals surface area contributed by atoms with E-state index in [0.717, 1.165) is 16.3 Å². The van der Waals surface area contributed by atoms with Crippen molar-refractivity contribution in [3.63, 3.8) is 0 Å². The van der Waals surface area contributed by atoms with E-state index in [2.05, 4.69) is 0 Å². The highest BCUT2D eigenvalue weighted by atomic mass is 19.1. The van der Waals surface area contributed by atoms with Crippen molar-refractivity contribution in [3.8, 4) is 0 Å². The van der Waals surface area contributed by atoms with Gasteiger partial charge >= 0.3 is 0 Å². The zero-order valence-corrected chi connectivity index (χ0v) is 7.78. The molecule has 0 aromatic heterocycles. The van der Waals surface area contributed by atoms with Gasteiger partial charge in [0.1, 0.15) is 6.67 Å². The van der Waals surface area contributed by atoms with Crippen molar-refractivity contribution in [2.45, 2.75) is 6.04 Å². The minimum absolute atomic E-state index is 0.513. The molecule has 2 heteroatoms. The summed E-state index contributed by atoms with van der Waals surface area (Å²) >= 11 is 0. The molecule has 14 heavy (non-hydrogen) atoms. The van der Waals surface area contributed by atoms with Crippen molar-refractivity contribution in [2.24, 2.45) is 5.73 Å². The Kier molecular flexibility index (Phi) is 2.46. The van der Waals surface area contributed by atoms with Gasteiger partial charge < -0.3 is 5.73 Å². The van der Waals surface area contributed by atoms with Crippen LogP contribution in [-0.2, 0) is 0 Å². The number of halogens is 1. The van der Waals surface area contributed by atoms with E-state index in [1.165, 1.54) is 0 Å². The normalized spacial score (nSPS) is 13.0. The Morgan fingerprint density at radius 2 is 1.79 bits per heavy atom. The molecule has 0 aliphatic carbocycles. The second-order valence-electron chi connectivity index (χ2n) is 3.33. The maximum Gasteiger partial charge on any atom is 0.109 e. The Labute approximate surface area is 82.3 Å². The fraction of sp³-hybridized carbons (Fsp3) is 0.167. The van der Waals surface area contributed by atoms with E-state index in [-0.39, 0.29) is 0 Å². The first-order valence-corrected chi connectivity index (χ1v) is 4.62. The summed E-state index contributed by atoms with van der Waals surface area (Å²) in [6, 6.07) is 13.2. The molecule has 0 aliphatic heterocycles. The Balaban J connectivity index is 2.65. The number of rotatable bonds is 2. The molecule has 0 heterocycles. The number of alkyl halides is 1. The SMILES string of the molecule is N[C@@H](CF)c1cccc2ccccc12. The summed E-state index contributed by atoms with van der Waals surface area (Å²) in [5.74, 6) is 0. The Morgan fingerprint density at radius 1 is 1.07 bits per heavy atom. The Bertz CT molecular complexity index is 434. The van der Waals surface area contributed by atoms with Gasteiger partial charge in [0.05, 0.1) is 6.04 Å². The second-order valence-corrected chi connectivity index (χ2v) is 3.33. The molecule has 2 N–H and O–H groups in total. The first kappa shape index (κ1) is 9.16. The predicted octanol–water partition coefficient (Wildman–Crippen LogP) is 2.81. The van der Waals surface area contributed by atoms with E-state index in [9.17, 15) is 4.39 Å². The minimum Gasteiger partial charge on any atom is -0.322 e. The molecule has 0 amide bonds. The van der Waals surface area contributed by atoms with Crippen molar-refractivity contribution in [1.82, 2.24) is 0 Å². The van der Waals surface area contributed by atoms with Crippen LogP contribution in [0.2, 0.25) is 0 Å². The third-order valence-electron chi connectivity index (χ3n) is 2.39. The molecule has 0 aliphatic rings. The van der Waals surface area contributed by atoms with Gasteiger partial charge in [0.2, 0.25) is 0 Å². The molecule has 2 aromatic carbocycles. The topological polar surface area (TPSA) is 26.0 Å². The molecular formula is C12H12FN. The molecular weight excluding hydrogens is 177 g/mol. The molecule has 2 rings (SSSR count). The first-order chi connectivity index (χ1) is 6.83. The summed E-state index contributed by atoms with van der Waals surface area (Å²) in [4.78, 5) is 0. The molecule has 0 fully saturated rings. The molecule has 0 bridgehead atoms. The van der Waals surface area contributed by atoms with E-state index >= 15 is 0 Å². The van der Waals surface area contributed by atoms with Crippen molar-refractivity contribution < 1.29 is 4.39 Å². The maximum atomic E-state index is 12.5. The molecule has 72 valence electrons. The van der Waals surface area contributed by atoms with E-state index < -0.39 is 12.7 Å². The maximum absolute atomic E-state index is 12.5. The van der Waals surface area contributed by atoms with Gasteiger partial charge in [-0.05, 0) is 16.3 Å². The van der Waals surface area contributed by atoms with Crippen LogP contribution in [0.3, 0.4) is 0 Å². The van der Waals surface area contributed by atoms with E-state index in [1.807, 2.05) is 42.5 Å². The number of benzene rings is 2. The van der Waals surface area contributed by atoms with Gasteiger partial charge in [0.25, 0.3) is 0 Å². The summed E-state index contributed by atoms with van der Waals surface area (Å²) < 4.78 is 12.5. The molecule has 1 nitrogen and oxygen atoms in total. The number of fused-ring (bicyclic) bond motifs is 1. The quantitative estimate of drug-likeness (QED) is 0.772. The van der Waals surface area contributed by atoms with Crippen LogP contribution in [0.5, 0.6) is 0 Å². The minimum atomic E-state index is -0.520. The second kappa shape index (κ2) is 3.76. The first-order valence-electron chi connectivity index (χ1n) is 4.62. The fourth-order valence-corrected chi connectivity index (χ4v) is 1.66. The summed E-state index contributed by atoms with van der Waals surface area (Å²) in [6.07, 6.45) is 0. The highest BCUT2D eigenvalue weighted by Crippen LogP contribution is 2.22. The summed E-state index contributed by atoms with van der Waals surface area (Å²) in [7, 11) is 0. The van der Waals surface area contributed by atoms with Gasteiger partial charge in [-0.1, -0.05) is 42.5 Å². The average Bonchev–Trinajstić information content (AvgIpc) is 2.27. The zero-order chi connectivity index (χ0) is 9.97. The van der Waals surface area contributed by atoms with E-state index in [4.69, 9.17) is 5.73 Å². The Hall–Kier alpha value is -1.41. The molecule has 1 atom stereocenters. The van der Waals surface area contributed by atoms with Gasteiger partial charge in [-0.2, -0.15) is 0 Å². The van der Waals surface area contributed by atoms with Crippen LogP contribution in [0.4, 0.5) is 4.39 Å². The third kappa shape index (κ3) is 1.49. The van der Waals surface area contributed by atoms with Crippen molar-refractivity contribution in [3.05, 3.63) is 48.0 Å². The summed E-state index contributed by atoms with van der Waals surface area (Å²) in [6.45, 7) is -0.520. The molecule has 0 spiro atoms. The van der Waals surface area contributed by atoms with Gasteiger partial charge in [0, 0.05) is 0 Å². The van der Waals surface area contributed by atoms with Crippen LogP contribution in [0.25, 0.3) is 10.8 Å². The van der Waals surface area contributed by atoms with Gasteiger partial charge in [-0.3, -0.25) is 0 Å². The van der Waals surface area contributed by atoms with Crippen LogP contribution >= 0.6 is 0 Å². The summed E-state index contributed by atoms with van der Waals surface area (Å²) in [5.41, 5.74) is 6.57. The van der Waals surface area contributed by atoms with E-state index in [0.29, 0.717) is 0 Å². The lowest BCUT2D eigenvalue weighted by molar-refractivity contribution is 0.438. The molecule has 0 saturated carbocycles. The highest BCUT2D eigenvalue weighted by molar-refractivity contribution is 5.86. The van der Waals surface area contributed by atoms with Gasteiger partial charge in [-0.15, -0.1) is 0 Å². The van der Waals surface area contributed by atoms with Crippen molar-refractivity contribution in [2.75, 3.05) is 6.67 Å². The third-order valence-corrected chi connectivity index (χ3v) is 2.39. The molecule has 0 unspecified atom stereocenters. The highest BCUT2D eigenvalue weighted by Gasteiger charge is 2.08. The van der Waals surface area contributed by atoms with E-state index in [1.54, 1.807) is 0 Å². The number of hydrogen-bond acceptors (Lipinski definition) is 1. The van der Waals surface area contributed by atoms with Crippen LogP contribution in [-0.4, -0.2) is 6.67 Å². The lowest BCUT2D eigenvalue weighted by Crippen LogP contribution is -2.12. The monoisotopic (exact) mass is 189 g/mol. The summed E-state index contributed by atoms with van der Waals surface area (Å²) in [5, 5.41) is 2.15. The van der Waals surface area contributed by atoms with Gasteiger partial charge in [-0.25, -0.2) is 4.39 Å². The lowest BCUT2D eigenvalue weighted by atomic mass is 10.00. The predicted molar refractivity (Wildman–Crippen MR) is 56.9 cm³/mol. The van der Waals surface area contributed by atoms with Crippen LogP contribution in [0, 0.1) is 0 Å². The Morgan fingerprint density at radius 3 is 2.57 bits per heavy atom. The average molecular weight is 189 g/mol. The molecule has 0 radical (unpaired) electrons. The van der Waals surface area contributed by atoms with Gasteiger partial charge in [0.15, 0.2) is 0 Å². The van der Waals surface area contributed by atoms with Crippen LogP contribution < -0.4 is 5.73 Å². The van der Waals surface area contributed by atoms with Crippen LogP contribution in [0.15, 0.2) is 42.5 Å².